The average Bonchev–Trinajstić information content (AvgIpc) is 3.95. The third-order valence-electron chi connectivity index (χ3n) is 9.26. The van der Waals surface area contributed by atoms with Crippen molar-refractivity contribution in [2.75, 3.05) is 0 Å². The van der Waals surface area contributed by atoms with Crippen molar-refractivity contribution < 1.29 is 9.84 Å². The van der Waals surface area contributed by atoms with Crippen molar-refractivity contribution in [3.8, 4) is 44.5 Å². The second-order valence-corrected chi connectivity index (χ2v) is 12.4. The zero-order valence-electron chi connectivity index (χ0n) is 27.0. The maximum Gasteiger partial charge on any atom is 0.199 e. The van der Waals surface area contributed by atoms with Crippen molar-refractivity contribution in [1.29, 1.82) is 0 Å². The Hall–Kier alpha value is -6.34. The first-order chi connectivity index (χ1) is 24.7. The van der Waals surface area contributed by atoms with Crippen LogP contribution in [-0.2, 0) is 11.3 Å². The van der Waals surface area contributed by atoms with E-state index in [1.807, 2.05) is 78.9 Å². The van der Waals surface area contributed by atoms with Crippen LogP contribution in [0.1, 0.15) is 29.1 Å². The van der Waals surface area contributed by atoms with Gasteiger partial charge in [-0.2, -0.15) is 0 Å². The van der Waals surface area contributed by atoms with Crippen LogP contribution < -0.4 is 0 Å². The van der Waals surface area contributed by atoms with Crippen LogP contribution in [0.2, 0.25) is 0 Å². The smallest absolute Gasteiger partial charge is 0.199 e. The third-order valence-corrected chi connectivity index (χ3v) is 9.26. The molecule has 0 fully saturated rings. The van der Waals surface area contributed by atoms with Crippen molar-refractivity contribution in [2.45, 2.75) is 12.9 Å². The molecule has 0 amide bonds. The molecule has 7 aromatic rings. The van der Waals surface area contributed by atoms with E-state index in [9.17, 15) is 5.11 Å². The maximum atomic E-state index is 11.5. The number of ether oxygens (including phenoxy) is 1. The summed E-state index contributed by atoms with van der Waals surface area (Å²) in [6, 6.07) is 49.2. The molecular weight excluding hydrogens is 617 g/mol. The summed E-state index contributed by atoms with van der Waals surface area (Å²) in [5, 5.41) is 11.5. The number of benzene rings is 4. The average molecular weight is 649 g/mol. The zero-order valence-corrected chi connectivity index (χ0v) is 27.0. The van der Waals surface area contributed by atoms with Gasteiger partial charge < -0.3 is 19.8 Å². The lowest BCUT2D eigenvalue weighted by Gasteiger charge is -2.21. The Kier molecular flexibility index (Phi) is 7.50. The summed E-state index contributed by atoms with van der Waals surface area (Å²) in [6.07, 6.45) is 2.96. The molecule has 5 heterocycles. The largest absolute Gasteiger partial charge is 0.363 e. The second kappa shape index (κ2) is 12.6. The molecule has 4 aromatic carbocycles. The number of H-pyrrole nitrogens is 2. The van der Waals surface area contributed by atoms with Gasteiger partial charge in [0.2, 0.25) is 0 Å². The van der Waals surface area contributed by atoms with Crippen molar-refractivity contribution in [1.82, 2.24) is 19.9 Å². The molecule has 0 radical (unpaired) electrons. The molecular formula is C44H32N4O2. The highest BCUT2D eigenvalue weighted by Gasteiger charge is 2.24. The summed E-state index contributed by atoms with van der Waals surface area (Å²) in [4.78, 5) is 18.0. The van der Waals surface area contributed by atoms with E-state index < -0.39 is 6.29 Å². The normalized spacial score (nSPS) is 14.1. The van der Waals surface area contributed by atoms with Crippen LogP contribution in [0, 0.1) is 0 Å². The highest BCUT2D eigenvalue weighted by molar-refractivity contribution is 5.97. The molecule has 6 heteroatoms. The molecule has 8 bridgehead atoms. The second-order valence-electron chi connectivity index (χ2n) is 12.4. The lowest BCUT2D eigenvalue weighted by molar-refractivity contribution is -0.122. The predicted octanol–water partition coefficient (Wildman–Crippen LogP) is 10.4. The Morgan fingerprint density at radius 1 is 0.460 bits per heavy atom. The molecule has 3 aromatic heterocycles. The van der Waals surface area contributed by atoms with Gasteiger partial charge in [0.15, 0.2) is 6.29 Å². The fraction of sp³-hybridized carbons (Fsp3) is 0.0455. The van der Waals surface area contributed by atoms with Gasteiger partial charge in [0, 0.05) is 44.3 Å². The lowest BCUT2D eigenvalue weighted by atomic mass is 10.0. The molecule has 6 nitrogen and oxygen atoms in total. The Labute approximate surface area is 289 Å². The minimum absolute atomic E-state index is 0.135. The first-order valence-electron chi connectivity index (χ1n) is 16.7. The fourth-order valence-corrected chi connectivity index (χ4v) is 7.01. The van der Waals surface area contributed by atoms with Gasteiger partial charge in [0.1, 0.15) is 5.69 Å². The number of aliphatic hydroxyl groups is 1. The monoisotopic (exact) mass is 648 g/mol. The number of hydrogen-bond donors (Lipinski definition) is 3. The van der Waals surface area contributed by atoms with E-state index in [1.54, 1.807) is 0 Å². The van der Waals surface area contributed by atoms with Crippen molar-refractivity contribution >= 4 is 34.2 Å². The molecule has 3 N–H and O–H groups in total. The van der Waals surface area contributed by atoms with Gasteiger partial charge in [-0.25, -0.2) is 9.97 Å². The Bertz CT molecular complexity index is 2540. The predicted molar refractivity (Wildman–Crippen MR) is 201 cm³/mol. The number of nitrogens with zero attached hydrogens (tertiary/aromatic N) is 2. The van der Waals surface area contributed by atoms with Crippen LogP contribution >= 0.6 is 0 Å². The number of nitrogens with one attached hydrogen (secondary N) is 2. The van der Waals surface area contributed by atoms with E-state index in [1.165, 1.54) is 0 Å². The molecule has 2 aliphatic rings. The minimum Gasteiger partial charge on any atom is -0.363 e. The van der Waals surface area contributed by atoms with Crippen LogP contribution in [0.5, 0.6) is 0 Å². The highest BCUT2D eigenvalue weighted by atomic mass is 16.6. The van der Waals surface area contributed by atoms with Gasteiger partial charge in [-0.3, -0.25) is 0 Å². The number of aromatic nitrogens is 4. The van der Waals surface area contributed by atoms with E-state index >= 15 is 0 Å². The fourth-order valence-electron chi connectivity index (χ4n) is 7.01. The van der Waals surface area contributed by atoms with Crippen LogP contribution in [0.4, 0.5) is 0 Å². The molecule has 0 spiro atoms. The SMILES string of the molecule is OC1OCc2nc1c(-c1ccccc1)c1ccc([nH]1)c(-c1ccccc1)c1nc(c(-c3ccccc3)c3ccc([nH]3)c2-c2ccccc2)C=C1. The van der Waals surface area contributed by atoms with E-state index in [2.05, 4.69) is 88.9 Å². The van der Waals surface area contributed by atoms with Crippen LogP contribution in [-0.4, -0.2) is 25.0 Å². The first-order valence-corrected chi connectivity index (χ1v) is 16.7. The number of fused-ring (bicyclic) bond motifs is 8. The van der Waals surface area contributed by atoms with E-state index in [4.69, 9.17) is 14.7 Å². The molecule has 1 atom stereocenters. The molecule has 0 aliphatic carbocycles. The van der Waals surface area contributed by atoms with E-state index in [-0.39, 0.29) is 6.61 Å². The number of aliphatic hydroxyl groups excluding tert-OH is 1. The standard InChI is InChI=1S/C44H32N4O2/c49-44-43-42(31-19-11-4-12-20-31)37-26-25-35(47-37)40(29-15-7-2-8-16-29)33-22-21-32(45-33)39(28-13-5-1-6-14-28)34-23-24-36(46-34)41(38(48-43)27-50-44)30-17-9-3-10-18-30/h1-26,44,46-47,49H,27H2. The zero-order chi connectivity index (χ0) is 33.4. The van der Waals surface area contributed by atoms with E-state index in [0.29, 0.717) is 11.4 Å². The highest BCUT2D eigenvalue weighted by Crippen LogP contribution is 2.39. The van der Waals surface area contributed by atoms with Gasteiger partial charge >= 0.3 is 0 Å². The number of aromatic amines is 2. The molecule has 9 rings (SSSR count). The van der Waals surface area contributed by atoms with Crippen molar-refractivity contribution in [2.24, 2.45) is 0 Å². The Morgan fingerprint density at radius 2 is 0.840 bits per heavy atom. The first kappa shape index (κ1) is 29.8. The summed E-state index contributed by atoms with van der Waals surface area (Å²) >= 11 is 0. The summed E-state index contributed by atoms with van der Waals surface area (Å²) in [5.41, 5.74) is 14.0. The van der Waals surface area contributed by atoms with Crippen LogP contribution in [0.3, 0.4) is 0 Å². The van der Waals surface area contributed by atoms with Crippen molar-refractivity contribution in [3.05, 3.63) is 168 Å². The molecule has 2 aliphatic heterocycles. The molecule has 50 heavy (non-hydrogen) atoms. The van der Waals surface area contributed by atoms with Crippen LogP contribution in [0.25, 0.3) is 78.7 Å². The van der Waals surface area contributed by atoms with Crippen LogP contribution in [0.15, 0.2) is 146 Å². The Balaban J connectivity index is 1.51. The number of hydrogen-bond acceptors (Lipinski definition) is 4. The Morgan fingerprint density at radius 3 is 1.30 bits per heavy atom. The van der Waals surface area contributed by atoms with Gasteiger partial charge in [-0.15, -0.1) is 0 Å². The maximum absolute atomic E-state index is 11.5. The molecule has 0 saturated heterocycles. The van der Waals surface area contributed by atoms with Gasteiger partial charge in [0.25, 0.3) is 0 Å². The minimum atomic E-state index is -1.23. The summed E-state index contributed by atoms with van der Waals surface area (Å²) in [6.45, 7) is 0.135. The molecule has 240 valence electrons. The summed E-state index contributed by atoms with van der Waals surface area (Å²) < 4.78 is 6.15. The molecule has 0 saturated carbocycles. The molecule has 1 unspecified atom stereocenters. The topological polar surface area (TPSA) is 86.8 Å². The third kappa shape index (κ3) is 5.33. The van der Waals surface area contributed by atoms with Gasteiger partial charge in [-0.05, 0) is 58.7 Å². The quantitative estimate of drug-likeness (QED) is 0.177. The lowest BCUT2D eigenvalue weighted by Crippen LogP contribution is -2.14. The number of rotatable bonds is 4. The summed E-state index contributed by atoms with van der Waals surface area (Å²) in [7, 11) is 0. The van der Waals surface area contributed by atoms with Crippen molar-refractivity contribution in [3.63, 3.8) is 0 Å². The van der Waals surface area contributed by atoms with Gasteiger partial charge in [0.05, 0.1) is 23.7 Å². The van der Waals surface area contributed by atoms with Gasteiger partial charge in [-0.1, -0.05) is 121 Å². The van der Waals surface area contributed by atoms with E-state index in [0.717, 1.165) is 78.0 Å². The summed E-state index contributed by atoms with van der Waals surface area (Å²) in [5.74, 6) is 0.